The molecule has 0 unspecified atom stereocenters. The number of aliphatic hydroxyl groups excluding tert-OH is 1. The van der Waals surface area contributed by atoms with Crippen LogP contribution in [0.5, 0.6) is 11.5 Å². The van der Waals surface area contributed by atoms with Crippen LogP contribution < -0.4 is 19.7 Å². The molecule has 0 saturated carbocycles. The molecular weight excluding hydrogens is 504 g/mol. The number of hydrogen-bond donors (Lipinski definition) is 3. The Morgan fingerprint density at radius 1 is 1.16 bits per heavy atom. The Hall–Kier alpha value is -3.34. The largest absolute Gasteiger partial charge is 0.493 e. The van der Waals surface area contributed by atoms with Gasteiger partial charge in [-0.25, -0.2) is 0 Å². The van der Waals surface area contributed by atoms with Crippen LogP contribution >= 0.6 is 11.6 Å². The van der Waals surface area contributed by atoms with E-state index in [2.05, 4.69) is 5.32 Å². The molecule has 1 heterocycles. The van der Waals surface area contributed by atoms with Gasteiger partial charge in [0.05, 0.1) is 20.6 Å². The number of ether oxygens (including phenoxy) is 3. The van der Waals surface area contributed by atoms with Crippen molar-refractivity contribution in [1.82, 2.24) is 5.32 Å². The van der Waals surface area contributed by atoms with E-state index >= 15 is 0 Å². The van der Waals surface area contributed by atoms with Crippen LogP contribution in [0.2, 0.25) is 5.02 Å². The minimum Gasteiger partial charge on any atom is -0.493 e. The Morgan fingerprint density at radius 2 is 1.89 bits per heavy atom. The van der Waals surface area contributed by atoms with Crippen molar-refractivity contribution >= 4 is 35.1 Å². The second-order valence-electron chi connectivity index (χ2n) is 9.41. The highest BCUT2D eigenvalue weighted by Crippen LogP contribution is 2.45. The average Bonchev–Trinajstić information content (AvgIpc) is 2.97. The molecule has 2 atom stereocenters. The smallest absolute Gasteiger partial charge is 0.322 e. The van der Waals surface area contributed by atoms with Gasteiger partial charge in [0.2, 0.25) is 5.91 Å². The fourth-order valence-electron chi connectivity index (χ4n) is 4.12. The number of methoxy groups -OCH3 is 2. The minimum absolute atomic E-state index is 0.121. The summed E-state index contributed by atoms with van der Waals surface area (Å²) in [6, 6.07) is 10.2. The number of carboxylic acids is 1. The van der Waals surface area contributed by atoms with E-state index in [0.717, 1.165) is 0 Å². The molecule has 2 aromatic carbocycles. The topological polar surface area (TPSA) is 135 Å². The van der Waals surface area contributed by atoms with Crippen molar-refractivity contribution in [1.29, 1.82) is 0 Å². The SMILES string of the molecule is COc1cccc([C@H]2O[C@H](CC(=O)NCC(=O)O)C(=O)N(CC(C)(C)CO)c3ccc(Cl)cc32)c1OC. The lowest BCUT2D eigenvalue weighted by atomic mass is 9.92. The van der Waals surface area contributed by atoms with Crippen LogP contribution in [0.3, 0.4) is 0 Å². The second-order valence-corrected chi connectivity index (χ2v) is 9.85. The number of aliphatic hydroxyl groups is 1. The first-order valence-electron chi connectivity index (χ1n) is 11.6. The number of carboxylic acid groups (broad SMARTS) is 1. The van der Waals surface area contributed by atoms with Gasteiger partial charge in [0, 0.05) is 40.4 Å². The van der Waals surface area contributed by atoms with Gasteiger partial charge in [0.1, 0.15) is 18.8 Å². The van der Waals surface area contributed by atoms with Crippen LogP contribution in [0.1, 0.15) is 37.5 Å². The fraction of sp³-hybridized carbons (Fsp3) is 0.423. The van der Waals surface area contributed by atoms with Crippen molar-refractivity contribution < 1.29 is 38.8 Å². The summed E-state index contributed by atoms with van der Waals surface area (Å²) in [6.07, 6.45) is -2.61. The molecule has 0 saturated heterocycles. The third-order valence-electron chi connectivity index (χ3n) is 5.94. The van der Waals surface area contributed by atoms with Crippen LogP contribution in [0, 0.1) is 5.41 Å². The van der Waals surface area contributed by atoms with Gasteiger partial charge in [-0.2, -0.15) is 0 Å². The number of rotatable bonds is 10. The first-order valence-corrected chi connectivity index (χ1v) is 12.0. The van der Waals surface area contributed by atoms with E-state index in [1.54, 1.807) is 50.2 Å². The number of hydrogen-bond acceptors (Lipinski definition) is 7. The molecule has 11 heteroatoms. The highest BCUT2D eigenvalue weighted by molar-refractivity contribution is 6.30. The molecule has 1 aliphatic rings. The highest BCUT2D eigenvalue weighted by Gasteiger charge is 2.40. The van der Waals surface area contributed by atoms with Crippen LogP contribution in [0.25, 0.3) is 0 Å². The van der Waals surface area contributed by atoms with Crippen molar-refractivity contribution in [2.45, 2.75) is 32.5 Å². The number of nitrogens with one attached hydrogen (secondary N) is 1. The Bertz CT molecular complexity index is 1170. The summed E-state index contributed by atoms with van der Waals surface area (Å²) >= 11 is 6.38. The molecule has 10 nitrogen and oxygen atoms in total. The lowest BCUT2D eigenvalue weighted by Crippen LogP contribution is -2.46. The summed E-state index contributed by atoms with van der Waals surface area (Å²) in [5.41, 5.74) is 0.905. The minimum atomic E-state index is -1.28. The van der Waals surface area contributed by atoms with Gasteiger partial charge in [-0.3, -0.25) is 14.4 Å². The fourth-order valence-corrected chi connectivity index (χ4v) is 4.30. The van der Waals surface area contributed by atoms with Gasteiger partial charge < -0.3 is 34.6 Å². The number of amides is 2. The summed E-state index contributed by atoms with van der Waals surface area (Å²) in [6.45, 7) is 2.94. The molecule has 3 N–H and O–H groups in total. The summed E-state index contributed by atoms with van der Waals surface area (Å²) < 4.78 is 17.4. The van der Waals surface area contributed by atoms with Gasteiger partial charge in [-0.1, -0.05) is 37.6 Å². The Labute approximate surface area is 220 Å². The van der Waals surface area contributed by atoms with Crippen molar-refractivity contribution in [3.05, 3.63) is 52.5 Å². The normalized spacial score (nSPS) is 17.6. The maximum Gasteiger partial charge on any atom is 0.322 e. The summed E-state index contributed by atoms with van der Waals surface area (Å²) in [5, 5.41) is 21.5. The highest BCUT2D eigenvalue weighted by atomic mass is 35.5. The van der Waals surface area contributed by atoms with E-state index in [4.69, 9.17) is 30.9 Å². The van der Waals surface area contributed by atoms with E-state index in [1.165, 1.54) is 19.1 Å². The Kier molecular flexibility index (Phi) is 9.01. The number of anilines is 1. The van der Waals surface area contributed by atoms with Crippen molar-refractivity contribution in [2.75, 3.05) is 38.8 Å². The number of aliphatic carboxylic acids is 1. The van der Waals surface area contributed by atoms with Crippen molar-refractivity contribution in [2.24, 2.45) is 5.41 Å². The zero-order valence-corrected chi connectivity index (χ0v) is 21.9. The number of halogens is 1. The summed E-state index contributed by atoms with van der Waals surface area (Å²) in [7, 11) is 2.98. The van der Waals surface area contributed by atoms with Gasteiger partial charge in [-0.05, 0) is 24.3 Å². The van der Waals surface area contributed by atoms with Gasteiger partial charge in [0.25, 0.3) is 5.91 Å². The van der Waals surface area contributed by atoms with Crippen LogP contribution in [0.15, 0.2) is 36.4 Å². The second kappa shape index (κ2) is 11.8. The Balaban J connectivity index is 2.19. The maximum atomic E-state index is 13.8. The third kappa shape index (κ3) is 6.51. The van der Waals surface area contributed by atoms with E-state index in [0.29, 0.717) is 33.3 Å². The molecular formula is C26H31ClN2O8. The number of fused-ring (bicyclic) bond motifs is 1. The molecule has 0 bridgehead atoms. The zero-order chi connectivity index (χ0) is 27.3. The lowest BCUT2D eigenvalue weighted by Gasteiger charge is -2.32. The van der Waals surface area contributed by atoms with Gasteiger partial charge in [-0.15, -0.1) is 0 Å². The Morgan fingerprint density at radius 3 is 2.51 bits per heavy atom. The van der Waals surface area contributed by atoms with Crippen molar-refractivity contribution in [3.63, 3.8) is 0 Å². The number of para-hydroxylation sites is 1. The molecule has 37 heavy (non-hydrogen) atoms. The monoisotopic (exact) mass is 534 g/mol. The standard InChI is InChI=1S/C26H31ClN2O8/c1-26(2,14-30)13-29-18-9-8-15(27)10-17(18)23(16-6-5-7-19(35-3)24(16)36-4)37-20(25(29)34)11-21(31)28-12-22(32)33/h5-10,20,23,30H,11-14H2,1-4H3,(H,28,31)(H,32,33)/t20-,23-/m1/s1. The van der Waals surface area contributed by atoms with Crippen LogP contribution in [-0.2, 0) is 19.1 Å². The molecule has 200 valence electrons. The molecule has 2 aromatic rings. The molecule has 0 radical (unpaired) electrons. The molecule has 0 spiro atoms. The first kappa shape index (κ1) is 28.2. The average molecular weight is 535 g/mol. The van der Waals surface area contributed by atoms with Crippen LogP contribution in [0.4, 0.5) is 5.69 Å². The van der Waals surface area contributed by atoms with Crippen molar-refractivity contribution in [3.8, 4) is 11.5 Å². The van der Waals surface area contributed by atoms with E-state index in [-0.39, 0.29) is 13.2 Å². The van der Waals surface area contributed by atoms with E-state index < -0.39 is 48.4 Å². The number of carbonyl (C=O) groups is 3. The quantitative estimate of drug-likeness (QED) is 0.423. The predicted octanol–water partition coefficient (Wildman–Crippen LogP) is 2.79. The zero-order valence-electron chi connectivity index (χ0n) is 21.1. The molecule has 3 rings (SSSR count). The number of carbonyl (C=O) groups excluding carboxylic acids is 2. The maximum absolute atomic E-state index is 13.8. The van der Waals surface area contributed by atoms with E-state index in [1.807, 2.05) is 0 Å². The lowest BCUT2D eigenvalue weighted by molar-refractivity contribution is -0.140. The first-order chi connectivity index (χ1) is 17.5. The summed E-state index contributed by atoms with van der Waals surface area (Å²) in [4.78, 5) is 38.8. The number of benzene rings is 2. The van der Waals surface area contributed by atoms with Gasteiger partial charge in [0.15, 0.2) is 11.5 Å². The number of nitrogens with zero attached hydrogens (tertiary/aromatic N) is 1. The third-order valence-corrected chi connectivity index (χ3v) is 6.18. The van der Waals surface area contributed by atoms with Gasteiger partial charge >= 0.3 is 5.97 Å². The predicted molar refractivity (Wildman–Crippen MR) is 136 cm³/mol. The van der Waals surface area contributed by atoms with E-state index in [9.17, 15) is 19.5 Å². The molecule has 1 aliphatic heterocycles. The molecule has 0 fully saturated rings. The molecule has 0 aromatic heterocycles. The van der Waals surface area contributed by atoms with Crippen LogP contribution in [-0.4, -0.2) is 68.0 Å². The molecule has 0 aliphatic carbocycles. The molecule has 2 amide bonds. The summed E-state index contributed by atoms with van der Waals surface area (Å²) in [5.74, 6) is -1.57.